The molecule has 0 atom stereocenters. The van der Waals surface area contributed by atoms with Crippen molar-refractivity contribution >= 4 is 28.7 Å². The largest absolute Gasteiger partial charge is 0.382 e. The van der Waals surface area contributed by atoms with Crippen LogP contribution in [0.25, 0.3) is 0 Å². The Kier molecular flexibility index (Phi) is 5.31. The molecule has 120 valence electrons. The molecular weight excluding hydrogens is 292 g/mol. The molecule has 1 aromatic rings. The normalized spacial score (nSPS) is 15.0. The first-order valence-corrected chi connectivity index (χ1v) is 7.51. The van der Waals surface area contributed by atoms with Crippen LogP contribution < -0.4 is 16.1 Å². The molecule has 1 heterocycles. The number of ketones is 1. The molecule has 0 spiro atoms. The molecule has 2 rings (SSSR count). The van der Waals surface area contributed by atoms with E-state index in [1.165, 1.54) is 13.3 Å². The zero-order chi connectivity index (χ0) is 16.8. The Balaban J connectivity index is 2.36. The van der Waals surface area contributed by atoms with Crippen LogP contribution in [0.2, 0.25) is 0 Å². The smallest absolute Gasteiger partial charge is 0.201 e. The van der Waals surface area contributed by atoms with Crippen LogP contribution >= 0.6 is 0 Å². The summed E-state index contributed by atoms with van der Waals surface area (Å²) in [7, 11) is 0. The predicted molar refractivity (Wildman–Crippen MR) is 91.1 cm³/mol. The first-order valence-electron chi connectivity index (χ1n) is 7.51. The van der Waals surface area contributed by atoms with Crippen molar-refractivity contribution < 1.29 is 4.79 Å². The number of piperidine rings is 1. The molecule has 1 saturated heterocycles. The van der Waals surface area contributed by atoms with Gasteiger partial charge in [0, 0.05) is 18.7 Å². The van der Waals surface area contributed by atoms with Crippen LogP contribution in [0.3, 0.4) is 0 Å². The molecule has 0 unspecified atom stereocenters. The first-order chi connectivity index (χ1) is 11.0. The quantitative estimate of drug-likeness (QED) is 0.333. The van der Waals surface area contributed by atoms with Gasteiger partial charge in [0.1, 0.15) is 6.07 Å². The van der Waals surface area contributed by atoms with Gasteiger partial charge in [0.15, 0.2) is 11.6 Å². The Morgan fingerprint density at radius 2 is 2.09 bits per heavy atom. The van der Waals surface area contributed by atoms with Crippen molar-refractivity contribution in [3.05, 3.63) is 23.8 Å². The van der Waals surface area contributed by atoms with Gasteiger partial charge in [-0.2, -0.15) is 10.4 Å². The van der Waals surface area contributed by atoms with Crippen molar-refractivity contribution in [1.29, 1.82) is 10.7 Å². The van der Waals surface area contributed by atoms with Crippen LogP contribution in [-0.2, 0) is 0 Å². The van der Waals surface area contributed by atoms with E-state index in [4.69, 9.17) is 16.4 Å². The van der Waals surface area contributed by atoms with Crippen LogP contribution in [0, 0.1) is 16.7 Å². The minimum atomic E-state index is -0.401. The van der Waals surface area contributed by atoms with Crippen LogP contribution in [0.5, 0.6) is 0 Å². The van der Waals surface area contributed by atoms with Crippen LogP contribution in [-0.4, -0.2) is 30.4 Å². The Bertz CT molecular complexity index is 682. The highest BCUT2D eigenvalue weighted by atomic mass is 16.1. The van der Waals surface area contributed by atoms with Crippen molar-refractivity contribution in [2.75, 3.05) is 23.4 Å². The molecule has 0 radical (unpaired) electrons. The molecule has 1 aliphatic heterocycles. The van der Waals surface area contributed by atoms with Crippen LogP contribution in [0.1, 0.15) is 36.5 Å². The maximum absolute atomic E-state index is 11.6. The molecule has 23 heavy (non-hydrogen) atoms. The lowest BCUT2D eigenvalue weighted by atomic mass is 10.1. The number of nitrogens with one attached hydrogen (secondary N) is 2. The number of carbonyl (C=O) groups is 1. The van der Waals surface area contributed by atoms with Gasteiger partial charge in [-0.25, -0.2) is 0 Å². The number of rotatable bonds is 5. The van der Waals surface area contributed by atoms with Gasteiger partial charge in [0.2, 0.25) is 5.71 Å². The van der Waals surface area contributed by atoms with Crippen molar-refractivity contribution in [3.63, 3.8) is 0 Å². The second kappa shape index (κ2) is 7.40. The van der Waals surface area contributed by atoms with E-state index in [0.717, 1.165) is 31.6 Å². The monoisotopic (exact) mass is 312 g/mol. The fraction of sp³-hybridized carbons (Fsp3) is 0.375. The SMILES string of the molecule is CC(=O)c1ccc(N2CCCCC2)c(N/N=C(\C#N)C(=N)N)c1. The lowest BCUT2D eigenvalue weighted by Gasteiger charge is -2.30. The maximum atomic E-state index is 11.6. The standard InChI is InChI=1S/C16H20N6O/c1-11(23)12-5-6-15(22-7-3-2-4-8-22)13(9-12)20-21-14(10-17)16(18)19/h5-6,9,20H,2-4,7-8H2,1H3,(H3,18,19)/b21-14+. The van der Waals surface area contributed by atoms with E-state index in [0.29, 0.717) is 11.3 Å². The molecule has 1 fully saturated rings. The summed E-state index contributed by atoms with van der Waals surface area (Å²) in [5.74, 6) is -0.448. The third kappa shape index (κ3) is 4.07. The molecule has 1 aromatic carbocycles. The van der Waals surface area contributed by atoms with Gasteiger partial charge < -0.3 is 10.6 Å². The highest BCUT2D eigenvalue weighted by molar-refractivity contribution is 6.45. The summed E-state index contributed by atoms with van der Waals surface area (Å²) in [6.45, 7) is 3.38. The Labute approximate surface area is 135 Å². The number of nitrogens with zero attached hydrogens (tertiary/aromatic N) is 3. The average molecular weight is 312 g/mol. The number of hydrazone groups is 1. The summed E-state index contributed by atoms with van der Waals surface area (Å²) < 4.78 is 0. The molecule has 7 heteroatoms. The van der Waals surface area contributed by atoms with Crippen molar-refractivity contribution in [2.45, 2.75) is 26.2 Å². The minimum absolute atomic E-state index is 0.0469. The van der Waals surface area contributed by atoms with Crippen molar-refractivity contribution in [2.24, 2.45) is 10.8 Å². The summed E-state index contributed by atoms with van der Waals surface area (Å²) >= 11 is 0. The van der Waals surface area contributed by atoms with E-state index in [2.05, 4.69) is 15.4 Å². The number of nitriles is 1. The molecule has 7 nitrogen and oxygen atoms in total. The highest BCUT2D eigenvalue weighted by Crippen LogP contribution is 2.30. The summed E-state index contributed by atoms with van der Waals surface area (Å²) in [6.07, 6.45) is 3.45. The number of Topliss-reactive ketones (excluding diaryl/α,β-unsaturated/α-hetero) is 1. The molecule has 1 aliphatic rings. The third-order valence-electron chi connectivity index (χ3n) is 3.75. The van der Waals surface area contributed by atoms with Crippen LogP contribution in [0.4, 0.5) is 11.4 Å². The number of anilines is 2. The summed E-state index contributed by atoms with van der Waals surface area (Å²) in [5.41, 5.74) is 10.0. The van der Waals surface area contributed by atoms with Gasteiger partial charge in [-0.15, -0.1) is 0 Å². The minimum Gasteiger partial charge on any atom is -0.382 e. The number of hydrogen-bond acceptors (Lipinski definition) is 6. The second-order valence-corrected chi connectivity index (χ2v) is 5.43. The Morgan fingerprint density at radius 1 is 1.39 bits per heavy atom. The van der Waals surface area contributed by atoms with E-state index >= 15 is 0 Å². The molecule has 0 saturated carbocycles. The van der Waals surface area contributed by atoms with Crippen molar-refractivity contribution in [1.82, 2.24) is 0 Å². The molecule has 0 aliphatic carbocycles. The molecule has 4 N–H and O–H groups in total. The molecule has 0 bridgehead atoms. The molecule has 0 amide bonds. The van der Waals surface area contributed by atoms with E-state index in [1.54, 1.807) is 18.2 Å². The molecular formula is C16H20N6O. The number of benzene rings is 1. The predicted octanol–water partition coefficient (Wildman–Crippen LogP) is 2.11. The van der Waals surface area contributed by atoms with Gasteiger partial charge in [-0.1, -0.05) is 0 Å². The zero-order valence-electron chi connectivity index (χ0n) is 13.1. The fourth-order valence-corrected chi connectivity index (χ4v) is 2.52. The van der Waals surface area contributed by atoms with E-state index < -0.39 is 5.84 Å². The summed E-state index contributed by atoms with van der Waals surface area (Å²) in [4.78, 5) is 13.8. The third-order valence-corrected chi connectivity index (χ3v) is 3.75. The maximum Gasteiger partial charge on any atom is 0.201 e. The number of hydrogen-bond donors (Lipinski definition) is 3. The highest BCUT2D eigenvalue weighted by Gasteiger charge is 2.16. The van der Waals surface area contributed by atoms with E-state index in [1.807, 2.05) is 6.07 Å². The summed E-state index contributed by atoms with van der Waals surface area (Å²) in [6, 6.07) is 7.16. The first kappa shape index (κ1) is 16.5. The van der Waals surface area contributed by atoms with Crippen molar-refractivity contribution in [3.8, 4) is 6.07 Å². The Hall–Kier alpha value is -2.88. The van der Waals surface area contributed by atoms with Gasteiger partial charge in [0.05, 0.1) is 11.4 Å². The average Bonchev–Trinajstić information content (AvgIpc) is 2.55. The van der Waals surface area contributed by atoms with Gasteiger partial charge in [-0.3, -0.25) is 15.6 Å². The zero-order valence-corrected chi connectivity index (χ0v) is 13.1. The topological polar surface area (TPSA) is 118 Å². The van der Waals surface area contributed by atoms with E-state index in [-0.39, 0.29) is 11.5 Å². The number of nitrogens with two attached hydrogens (primary N) is 1. The number of carbonyl (C=O) groups excluding carboxylic acids is 1. The van der Waals surface area contributed by atoms with Gasteiger partial charge in [-0.05, 0) is 44.4 Å². The van der Waals surface area contributed by atoms with E-state index in [9.17, 15) is 4.79 Å². The number of amidine groups is 1. The summed E-state index contributed by atoms with van der Waals surface area (Å²) in [5, 5.41) is 20.1. The van der Waals surface area contributed by atoms with Gasteiger partial charge in [0.25, 0.3) is 0 Å². The second-order valence-electron chi connectivity index (χ2n) is 5.43. The Morgan fingerprint density at radius 3 is 2.65 bits per heavy atom. The lowest BCUT2D eigenvalue weighted by Crippen LogP contribution is -2.30. The van der Waals surface area contributed by atoms with Gasteiger partial charge >= 0.3 is 0 Å². The van der Waals surface area contributed by atoms with Crippen LogP contribution in [0.15, 0.2) is 23.3 Å². The fourth-order valence-electron chi connectivity index (χ4n) is 2.52. The lowest BCUT2D eigenvalue weighted by molar-refractivity contribution is 0.101. The molecule has 0 aromatic heterocycles.